The maximum Gasteiger partial charge on any atom is 0.243 e. The lowest BCUT2D eigenvalue weighted by atomic mass is 10.2. The van der Waals surface area contributed by atoms with Crippen LogP contribution in [0.3, 0.4) is 0 Å². The normalized spacial score (nSPS) is 17.4. The monoisotopic (exact) mass is 350 g/mol. The number of rotatable bonds is 6. The molecule has 1 N–H and O–H groups in total. The highest BCUT2D eigenvalue weighted by molar-refractivity contribution is 5.84. The molecule has 1 saturated heterocycles. The first-order valence-corrected chi connectivity index (χ1v) is 8.51. The average molecular weight is 350 g/mol. The van der Waals surface area contributed by atoms with Gasteiger partial charge < -0.3 is 19.9 Å². The Hall–Kier alpha value is -2.15. The van der Waals surface area contributed by atoms with Gasteiger partial charge in [0.2, 0.25) is 5.91 Å². The van der Waals surface area contributed by atoms with Crippen molar-refractivity contribution in [3.8, 4) is 0 Å². The van der Waals surface area contributed by atoms with Crippen LogP contribution in [0.25, 0.3) is 0 Å². The van der Waals surface area contributed by atoms with Gasteiger partial charge in [-0.15, -0.1) is 0 Å². The Morgan fingerprint density at radius 1 is 1.40 bits per heavy atom. The van der Waals surface area contributed by atoms with Crippen molar-refractivity contribution < 1.29 is 13.9 Å². The Morgan fingerprint density at radius 2 is 2.20 bits per heavy atom. The maximum atomic E-state index is 13.4. The summed E-state index contributed by atoms with van der Waals surface area (Å²) < 4.78 is 19.0. The molecule has 1 fully saturated rings. The van der Waals surface area contributed by atoms with Crippen molar-refractivity contribution >= 4 is 11.9 Å². The highest BCUT2D eigenvalue weighted by atomic mass is 19.1. The number of amides is 1. The van der Waals surface area contributed by atoms with Gasteiger partial charge in [0.15, 0.2) is 5.96 Å². The van der Waals surface area contributed by atoms with Crippen LogP contribution in [-0.2, 0) is 16.1 Å². The lowest BCUT2D eigenvalue weighted by Gasteiger charge is -2.24. The van der Waals surface area contributed by atoms with Crippen LogP contribution in [0.1, 0.15) is 18.4 Å². The number of halogens is 1. The first kappa shape index (κ1) is 19.2. The minimum atomic E-state index is -0.264. The summed E-state index contributed by atoms with van der Waals surface area (Å²) in [6, 6.07) is 6.47. The molecular weight excluding hydrogens is 323 g/mol. The number of likely N-dealkylation sites (N-methyl/N-ethyl adjacent to an activating group) is 1. The third-order valence-corrected chi connectivity index (χ3v) is 4.05. The number of benzene rings is 1. The number of nitrogens with one attached hydrogen (secondary N) is 1. The molecular formula is C18H27FN4O2. The number of nitrogens with zero attached hydrogens (tertiary/aromatic N) is 3. The summed E-state index contributed by atoms with van der Waals surface area (Å²) in [4.78, 5) is 19.6. The molecule has 1 aromatic rings. The molecule has 1 aliphatic rings. The predicted molar refractivity (Wildman–Crippen MR) is 95.8 cm³/mol. The molecule has 1 unspecified atom stereocenters. The van der Waals surface area contributed by atoms with Crippen LogP contribution >= 0.6 is 0 Å². The molecule has 0 bridgehead atoms. The fourth-order valence-corrected chi connectivity index (χ4v) is 2.59. The summed E-state index contributed by atoms with van der Waals surface area (Å²) in [6.07, 6.45) is 2.25. The SMILES string of the molecule is CN(C)C(=O)CN=C(NCC1CCCO1)N(C)Cc1cccc(F)c1. The third kappa shape index (κ3) is 6.34. The first-order chi connectivity index (χ1) is 12.0. The van der Waals surface area contributed by atoms with Crippen LogP contribution in [-0.4, -0.2) is 68.6 Å². The molecule has 1 atom stereocenters. The average Bonchev–Trinajstić information content (AvgIpc) is 3.07. The van der Waals surface area contributed by atoms with Gasteiger partial charge in [-0.3, -0.25) is 4.79 Å². The summed E-state index contributed by atoms with van der Waals surface area (Å²) in [5, 5.41) is 3.28. The summed E-state index contributed by atoms with van der Waals surface area (Å²) in [6.45, 7) is 1.99. The minimum Gasteiger partial charge on any atom is -0.376 e. The molecule has 2 rings (SSSR count). The van der Waals surface area contributed by atoms with Crippen molar-refractivity contribution in [3.63, 3.8) is 0 Å². The van der Waals surface area contributed by atoms with Crippen LogP contribution in [0, 0.1) is 5.82 Å². The van der Waals surface area contributed by atoms with Gasteiger partial charge in [0.05, 0.1) is 6.10 Å². The second-order valence-electron chi connectivity index (χ2n) is 6.43. The van der Waals surface area contributed by atoms with Gasteiger partial charge in [-0.2, -0.15) is 0 Å². The summed E-state index contributed by atoms with van der Waals surface area (Å²) in [5.74, 6) is 0.269. The molecule has 138 valence electrons. The van der Waals surface area contributed by atoms with Crippen molar-refractivity contribution in [2.75, 3.05) is 40.8 Å². The Balaban J connectivity index is 2.02. The highest BCUT2D eigenvalue weighted by Crippen LogP contribution is 2.11. The van der Waals surface area contributed by atoms with Crippen molar-refractivity contribution in [3.05, 3.63) is 35.6 Å². The highest BCUT2D eigenvalue weighted by Gasteiger charge is 2.17. The van der Waals surface area contributed by atoms with Crippen LogP contribution < -0.4 is 5.32 Å². The van der Waals surface area contributed by atoms with Crippen LogP contribution in [0.4, 0.5) is 4.39 Å². The quantitative estimate of drug-likeness (QED) is 0.624. The molecule has 0 aliphatic carbocycles. The Labute approximate surface area is 148 Å². The van der Waals surface area contributed by atoms with E-state index in [1.807, 2.05) is 18.0 Å². The fraction of sp³-hybridized carbons (Fsp3) is 0.556. The zero-order valence-corrected chi connectivity index (χ0v) is 15.2. The van der Waals surface area contributed by atoms with E-state index in [4.69, 9.17) is 4.74 Å². The number of carbonyl (C=O) groups excluding carboxylic acids is 1. The second kappa shape index (κ2) is 9.36. The first-order valence-electron chi connectivity index (χ1n) is 8.51. The van der Waals surface area contributed by atoms with Gasteiger partial charge in [0.1, 0.15) is 12.4 Å². The van der Waals surface area contributed by atoms with Crippen molar-refractivity contribution in [1.29, 1.82) is 0 Å². The molecule has 1 amide bonds. The Morgan fingerprint density at radius 3 is 2.84 bits per heavy atom. The molecule has 0 aromatic heterocycles. The Bertz CT molecular complexity index is 600. The molecule has 6 nitrogen and oxygen atoms in total. The van der Waals surface area contributed by atoms with Gasteiger partial charge in [0, 0.05) is 40.8 Å². The lowest BCUT2D eigenvalue weighted by Crippen LogP contribution is -2.42. The van der Waals surface area contributed by atoms with E-state index in [2.05, 4.69) is 10.3 Å². The van der Waals surface area contributed by atoms with E-state index in [0.29, 0.717) is 19.0 Å². The Kier molecular flexibility index (Phi) is 7.18. The molecule has 1 heterocycles. The van der Waals surface area contributed by atoms with Crippen LogP contribution in [0.5, 0.6) is 0 Å². The number of aliphatic imine (C=N–C) groups is 1. The maximum absolute atomic E-state index is 13.4. The van der Waals surface area contributed by atoms with E-state index in [0.717, 1.165) is 25.0 Å². The molecule has 0 radical (unpaired) electrons. The molecule has 0 saturated carbocycles. The van der Waals surface area contributed by atoms with E-state index < -0.39 is 0 Å². The predicted octanol–water partition coefficient (Wildman–Crippen LogP) is 1.47. The number of ether oxygens (including phenoxy) is 1. The number of hydrogen-bond acceptors (Lipinski definition) is 3. The number of hydrogen-bond donors (Lipinski definition) is 1. The van der Waals surface area contributed by atoms with E-state index in [1.54, 1.807) is 20.2 Å². The molecule has 1 aromatic carbocycles. The third-order valence-electron chi connectivity index (χ3n) is 4.05. The molecule has 1 aliphatic heterocycles. The van der Waals surface area contributed by atoms with Gasteiger partial charge in [-0.05, 0) is 30.5 Å². The standard InChI is InChI=1S/C18H27FN4O2/c1-22(2)17(24)12-21-18(20-11-16-8-5-9-25-16)23(3)13-14-6-4-7-15(19)10-14/h4,6-7,10,16H,5,8-9,11-13H2,1-3H3,(H,20,21). The summed E-state index contributed by atoms with van der Waals surface area (Å²) >= 11 is 0. The second-order valence-corrected chi connectivity index (χ2v) is 6.43. The van der Waals surface area contributed by atoms with Gasteiger partial charge in [-0.25, -0.2) is 9.38 Å². The van der Waals surface area contributed by atoms with E-state index in [-0.39, 0.29) is 24.4 Å². The van der Waals surface area contributed by atoms with Crippen LogP contribution in [0.15, 0.2) is 29.3 Å². The largest absolute Gasteiger partial charge is 0.376 e. The molecule has 25 heavy (non-hydrogen) atoms. The smallest absolute Gasteiger partial charge is 0.243 e. The molecule has 0 spiro atoms. The summed E-state index contributed by atoms with van der Waals surface area (Å²) in [7, 11) is 5.27. The lowest BCUT2D eigenvalue weighted by molar-refractivity contribution is -0.127. The van der Waals surface area contributed by atoms with Crippen molar-refractivity contribution in [2.45, 2.75) is 25.5 Å². The minimum absolute atomic E-state index is 0.0638. The van der Waals surface area contributed by atoms with E-state index in [1.165, 1.54) is 17.0 Å². The van der Waals surface area contributed by atoms with E-state index >= 15 is 0 Å². The van der Waals surface area contributed by atoms with Crippen molar-refractivity contribution in [2.24, 2.45) is 4.99 Å². The summed E-state index contributed by atoms with van der Waals surface area (Å²) in [5.41, 5.74) is 0.841. The van der Waals surface area contributed by atoms with Gasteiger partial charge in [-0.1, -0.05) is 12.1 Å². The van der Waals surface area contributed by atoms with Gasteiger partial charge >= 0.3 is 0 Å². The zero-order valence-electron chi connectivity index (χ0n) is 15.2. The van der Waals surface area contributed by atoms with Crippen molar-refractivity contribution in [1.82, 2.24) is 15.1 Å². The van der Waals surface area contributed by atoms with Crippen LogP contribution in [0.2, 0.25) is 0 Å². The fourth-order valence-electron chi connectivity index (χ4n) is 2.59. The number of carbonyl (C=O) groups is 1. The van der Waals surface area contributed by atoms with E-state index in [9.17, 15) is 9.18 Å². The number of guanidine groups is 1. The topological polar surface area (TPSA) is 57.2 Å². The molecule has 7 heteroatoms. The van der Waals surface area contributed by atoms with Gasteiger partial charge in [0.25, 0.3) is 0 Å². The zero-order chi connectivity index (χ0) is 18.2.